The fourth-order valence-corrected chi connectivity index (χ4v) is 6.53. The Hall–Kier alpha value is -3.95. The van der Waals surface area contributed by atoms with Crippen molar-refractivity contribution < 1.29 is 18.0 Å². The SMILES string of the molecule is CCNC(=O)C(Cc1ccccc1)N(Cc1ccc(C)cc1)C(=O)CN(c1cccc(Br)c1)S(=O)(=O)c1ccc(C)cc1. The highest BCUT2D eigenvalue weighted by molar-refractivity contribution is 9.10. The van der Waals surface area contributed by atoms with Crippen LogP contribution in [0.2, 0.25) is 0 Å². The lowest BCUT2D eigenvalue weighted by atomic mass is 10.0. The highest BCUT2D eigenvalue weighted by Gasteiger charge is 2.34. The summed E-state index contributed by atoms with van der Waals surface area (Å²) in [5.41, 5.74) is 4.03. The van der Waals surface area contributed by atoms with Crippen molar-refractivity contribution in [1.29, 1.82) is 0 Å². The van der Waals surface area contributed by atoms with E-state index in [4.69, 9.17) is 0 Å². The quantitative estimate of drug-likeness (QED) is 0.201. The molecule has 1 N–H and O–H groups in total. The van der Waals surface area contributed by atoms with Gasteiger partial charge in [-0.1, -0.05) is 99.9 Å². The van der Waals surface area contributed by atoms with Gasteiger partial charge in [0.2, 0.25) is 11.8 Å². The molecule has 2 amide bonds. The van der Waals surface area contributed by atoms with Crippen LogP contribution in [0.1, 0.15) is 29.2 Å². The van der Waals surface area contributed by atoms with Crippen molar-refractivity contribution in [3.63, 3.8) is 0 Å². The van der Waals surface area contributed by atoms with Crippen molar-refractivity contribution in [3.8, 4) is 0 Å². The van der Waals surface area contributed by atoms with Crippen LogP contribution >= 0.6 is 15.9 Å². The smallest absolute Gasteiger partial charge is 0.264 e. The summed E-state index contributed by atoms with van der Waals surface area (Å²) in [5.74, 6) is -0.800. The number of halogens is 1. The summed E-state index contributed by atoms with van der Waals surface area (Å²) in [6.07, 6.45) is 0.270. The highest BCUT2D eigenvalue weighted by atomic mass is 79.9. The number of nitrogens with one attached hydrogen (secondary N) is 1. The lowest BCUT2D eigenvalue weighted by Gasteiger charge is -2.34. The second kappa shape index (κ2) is 14.5. The molecular weight excluding hydrogens is 626 g/mol. The van der Waals surface area contributed by atoms with E-state index in [2.05, 4.69) is 21.2 Å². The zero-order valence-corrected chi connectivity index (χ0v) is 26.9. The third-order valence-corrected chi connectivity index (χ3v) is 9.36. The number of benzene rings is 4. The predicted molar refractivity (Wildman–Crippen MR) is 174 cm³/mol. The Morgan fingerprint density at radius 2 is 1.44 bits per heavy atom. The molecule has 0 fully saturated rings. The number of anilines is 1. The van der Waals surface area contributed by atoms with Crippen LogP contribution in [0.3, 0.4) is 0 Å². The summed E-state index contributed by atoms with van der Waals surface area (Å²) in [6.45, 7) is 5.71. The molecule has 9 heteroatoms. The second-order valence-electron chi connectivity index (χ2n) is 10.4. The van der Waals surface area contributed by atoms with Crippen LogP contribution in [-0.4, -0.2) is 44.3 Å². The summed E-state index contributed by atoms with van der Waals surface area (Å²) < 4.78 is 29.9. The maximum atomic E-state index is 14.4. The molecule has 1 unspecified atom stereocenters. The van der Waals surface area contributed by atoms with Gasteiger partial charge in [-0.2, -0.15) is 0 Å². The third kappa shape index (κ3) is 8.33. The van der Waals surface area contributed by atoms with E-state index >= 15 is 0 Å². The Morgan fingerprint density at radius 3 is 2.05 bits per heavy atom. The van der Waals surface area contributed by atoms with E-state index in [1.165, 1.54) is 17.0 Å². The molecule has 43 heavy (non-hydrogen) atoms. The minimum absolute atomic E-state index is 0.0699. The van der Waals surface area contributed by atoms with E-state index in [1.807, 2.05) is 75.4 Å². The molecule has 4 aromatic rings. The van der Waals surface area contributed by atoms with Crippen LogP contribution in [0.15, 0.2) is 112 Å². The van der Waals surface area contributed by atoms with Crippen molar-refractivity contribution >= 4 is 43.5 Å². The molecule has 0 bridgehead atoms. The molecule has 0 radical (unpaired) electrons. The number of amides is 2. The predicted octanol–water partition coefficient (Wildman–Crippen LogP) is 6.04. The summed E-state index contributed by atoms with van der Waals surface area (Å²) in [6, 6.07) is 29.7. The molecule has 0 aliphatic carbocycles. The maximum absolute atomic E-state index is 14.4. The molecule has 0 aliphatic rings. The molecule has 4 rings (SSSR count). The van der Waals surface area contributed by atoms with Gasteiger partial charge in [0.05, 0.1) is 10.6 Å². The summed E-state index contributed by atoms with van der Waals surface area (Å²) in [4.78, 5) is 29.5. The van der Waals surface area contributed by atoms with Gasteiger partial charge in [0.1, 0.15) is 12.6 Å². The average Bonchev–Trinajstić information content (AvgIpc) is 2.99. The molecule has 0 aliphatic heterocycles. The molecule has 7 nitrogen and oxygen atoms in total. The average molecular weight is 663 g/mol. The Balaban J connectivity index is 1.79. The normalized spacial score (nSPS) is 11.9. The first-order valence-corrected chi connectivity index (χ1v) is 16.3. The number of carbonyl (C=O) groups is 2. The molecule has 0 aromatic heterocycles. The van der Waals surface area contributed by atoms with Gasteiger partial charge in [-0.15, -0.1) is 0 Å². The van der Waals surface area contributed by atoms with Crippen molar-refractivity contribution in [3.05, 3.63) is 130 Å². The Morgan fingerprint density at radius 1 is 0.814 bits per heavy atom. The summed E-state index contributed by atoms with van der Waals surface area (Å²) in [7, 11) is -4.15. The van der Waals surface area contributed by atoms with Crippen molar-refractivity contribution in [2.45, 2.75) is 44.7 Å². The van der Waals surface area contributed by atoms with Crippen LogP contribution in [0.25, 0.3) is 0 Å². The number of sulfonamides is 1. The molecule has 0 spiro atoms. The molecule has 0 heterocycles. The zero-order valence-electron chi connectivity index (χ0n) is 24.5. The van der Waals surface area contributed by atoms with Gasteiger partial charge in [0.15, 0.2) is 0 Å². The van der Waals surface area contributed by atoms with Crippen LogP contribution < -0.4 is 9.62 Å². The number of nitrogens with zero attached hydrogens (tertiary/aromatic N) is 2. The first kappa shape index (κ1) is 32.0. The molecular formula is C34H36BrN3O4S. The van der Waals surface area contributed by atoms with Crippen LogP contribution in [0.4, 0.5) is 5.69 Å². The van der Waals surface area contributed by atoms with E-state index in [0.29, 0.717) is 16.7 Å². The van der Waals surface area contributed by atoms with E-state index < -0.39 is 28.5 Å². The minimum atomic E-state index is -4.15. The van der Waals surface area contributed by atoms with Gasteiger partial charge in [0.25, 0.3) is 10.0 Å². The fourth-order valence-electron chi connectivity index (χ4n) is 4.73. The Kier molecular flexibility index (Phi) is 10.8. The number of carbonyl (C=O) groups excluding carboxylic acids is 2. The number of aryl methyl sites for hydroxylation is 2. The molecule has 224 valence electrons. The molecule has 0 saturated carbocycles. The van der Waals surface area contributed by atoms with Gasteiger partial charge in [-0.25, -0.2) is 8.42 Å². The fraction of sp³-hybridized carbons (Fsp3) is 0.235. The van der Waals surface area contributed by atoms with E-state index in [9.17, 15) is 18.0 Å². The summed E-state index contributed by atoms with van der Waals surface area (Å²) >= 11 is 3.44. The van der Waals surface area contributed by atoms with Gasteiger partial charge < -0.3 is 10.2 Å². The van der Waals surface area contributed by atoms with Crippen molar-refractivity contribution in [2.24, 2.45) is 0 Å². The number of rotatable bonds is 12. The number of hydrogen-bond donors (Lipinski definition) is 1. The highest BCUT2D eigenvalue weighted by Crippen LogP contribution is 2.27. The largest absolute Gasteiger partial charge is 0.355 e. The van der Waals surface area contributed by atoms with E-state index in [1.54, 1.807) is 36.4 Å². The van der Waals surface area contributed by atoms with E-state index in [-0.39, 0.29) is 23.8 Å². The van der Waals surface area contributed by atoms with Crippen molar-refractivity contribution in [1.82, 2.24) is 10.2 Å². The van der Waals surface area contributed by atoms with Gasteiger partial charge in [-0.05, 0) is 62.2 Å². The minimum Gasteiger partial charge on any atom is -0.355 e. The van der Waals surface area contributed by atoms with Gasteiger partial charge in [0, 0.05) is 24.0 Å². The standard InChI is InChI=1S/C34H36BrN3O4S/c1-4-36-34(40)32(21-27-9-6-5-7-10-27)37(23-28-17-13-25(2)14-18-28)33(39)24-38(30-12-8-11-29(35)22-30)43(41,42)31-19-15-26(3)16-20-31/h5-20,22,32H,4,21,23-24H2,1-3H3,(H,36,40). The topological polar surface area (TPSA) is 86.8 Å². The Bertz CT molecular complexity index is 1640. The lowest BCUT2D eigenvalue weighted by Crippen LogP contribution is -2.53. The second-order valence-corrected chi connectivity index (χ2v) is 13.2. The zero-order chi connectivity index (χ0) is 31.0. The first-order chi connectivity index (χ1) is 20.6. The Labute approximate surface area is 262 Å². The third-order valence-electron chi connectivity index (χ3n) is 7.08. The van der Waals surface area contributed by atoms with Gasteiger partial charge in [-0.3, -0.25) is 13.9 Å². The first-order valence-electron chi connectivity index (χ1n) is 14.1. The van der Waals surface area contributed by atoms with Gasteiger partial charge >= 0.3 is 0 Å². The van der Waals surface area contributed by atoms with E-state index in [0.717, 1.165) is 26.6 Å². The van der Waals surface area contributed by atoms with Crippen LogP contribution in [0, 0.1) is 13.8 Å². The maximum Gasteiger partial charge on any atom is 0.264 e. The molecule has 1 atom stereocenters. The number of likely N-dealkylation sites (N-methyl/N-ethyl adjacent to an activating group) is 1. The van der Waals surface area contributed by atoms with Crippen molar-refractivity contribution in [2.75, 3.05) is 17.4 Å². The molecule has 0 saturated heterocycles. The van der Waals surface area contributed by atoms with Crippen LogP contribution in [0.5, 0.6) is 0 Å². The summed E-state index contributed by atoms with van der Waals surface area (Å²) in [5, 5.41) is 2.88. The number of hydrogen-bond acceptors (Lipinski definition) is 4. The lowest BCUT2D eigenvalue weighted by molar-refractivity contribution is -0.140. The van der Waals surface area contributed by atoms with Crippen LogP contribution in [-0.2, 0) is 32.6 Å². The monoisotopic (exact) mass is 661 g/mol. The molecule has 4 aromatic carbocycles.